The quantitative estimate of drug-likeness (QED) is 0.585. The standard InChI is InChI=1S/C11H10N2O3/c1-2-7-16-10(14)8-3-5-9(6-4-8)13-11(12)15/h1,3-6H,7H2,(H3,12,13,15). The van der Waals surface area contributed by atoms with Crippen molar-refractivity contribution in [1.29, 1.82) is 0 Å². The topological polar surface area (TPSA) is 81.4 Å². The molecule has 0 saturated heterocycles. The van der Waals surface area contributed by atoms with Crippen molar-refractivity contribution in [2.75, 3.05) is 11.9 Å². The molecule has 2 amide bonds. The molecule has 0 heterocycles. The summed E-state index contributed by atoms with van der Waals surface area (Å²) in [5.74, 6) is 1.68. The van der Waals surface area contributed by atoms with E-state index in [-0.39, 0.29) is 6.61 Å². The Bertz CT molecular complexity index is 432. The van der Waals surface area contributed by atoms with Gasteiger partial charge in [0.25, 0.3) is 0 Å². The molecule has 16 heavy (non-hydrogen) atoms. The van der Waals surface area contributed by atoms with E-state index in [0.29, 0.717) is 11.3 Å². The lowest BCUT2D eigenvalue weighted by Gasteiger charge is -2.03. The highest BCUT2D eigenvalue weighted by Gasteiger charge is 2.06. The van der Waals surface area contributed by atoms with E-state index >= 15 is 0 Å². The number of nitrogens with two attached hydrogens (primary N) is 1. The lowest BCUT2D eigenvalue weighted by molar-refractivity contribution is 0.0557. The molecular weight excluding hydrogens is 208 g/mol. The van der Waals surface area contributed by atoms with Crippen LogP contribution in [0.15, 0.2) is 24.3 Å². The van der Waals surface area contributed by atoms with Crippen LogP contribution in [0.3, 0.4) is 0 Å². The molecule has 0 atom stereocenters. The SMILES string of the molecule is C#CCOC(=O)c1ccc(NC(N)=O)cc1. The highest BCUT2D eigenvalue weighted by Crippen LogP contribution is 2.10. The number of ether oxygens (including phenoxy) is 1. The van der Waals surface area contributed by atoms with Crippen LogP contribution in [-0.2, 0) is 4.74 Å². The van der Waals surface area contributed by atoms with Gasteiger partial charge in [-0.15, -0.1) is 6.42 Å². The molecule has 0 aliphatic carbocycles. The zero-order valence-corrected chi connectivity index (χ0v) is 8.40. The first kappa shape index (κ1) is 11.6. The molecule has 1 aromatic carbocycles. The number of carbonyl (C=O) groups is 2. The number of urea groups is 1. The number of primary amides is 1. The minimum atomic E-state index is -0.664. The molecule has 5 nitrogen and oxygen atoms in total. The molecule has 0 unspecified atom stereocenters. The summed E-state index contributed by atoms with van der Waals surface area (Å²) in [6, 6.07) is 5.42. The van der Waals surface area contributed by atoms with Crippen molar-refractivity contribution in [3.8, 4) is 12.3 Å². The summed E-state index contributed by atoms with van der Waals surface area (Å²) in [6.07, 6.45) is 4.95. The van der Waals surface area contributed by atoms with Crippen LogP contribution >= 0.6 is 0 Å². The van der Waals surface area contributed by atoms with Crippen molar-refractivity contribution in [2.45, 2.75) is 0 Å². The molecule has 5 heteroatoms. The van der Waals surface area contributed by atoms with Crippen molar-refractivity contribution < 1.29 is 14.3 Å². The van der Waals surface area contributed by atoms with Crippen LogP contribution in [0, 0.1) is 12.3 Å². The van der Waals surface area contributed by atoms with E-state index in [9.17, 15) is 9.59 Å². The Labute approximate surface area is 92.6 Å². The predicted octanol–water partition coefficient (Wildman–Crippen LogP) is 0.967. The van der Waals surface area contributed by atoms with Crippen LogP contribution in [0.2, 0.25) is 0 Å². The summed E-state index contributed by atoms with van der Waals surface area (Å²) < 4.78 is 4.71. The Morgan fingerprint density at radius 1 is 1.38 bits per heavy atom. The molecule has 0 bridgehead atoms. The highest BCUT2D eigenvalue weighted by molar-refractivity contribution is 5.91. The molecule has 0 radical (unpaired) electrons. The molecule has 0 fully saturated rings. The van der Waals surface area contributed by atoms with Crippen molar-refractivity contribution in [3.63, 3.8) is 0 Å². The maximum atomic E-state index is 11.3. The normalized spacial score (nSPS) is 8.94. The molecular formula is C11H10N2O3. The van der Waals surface area contributed by atoms with E-state index in [1.54, 1.807) is 0 Å². The lowest BCUT2D eigenvalue weighted by Crippen LogP contribution is -2.19. The van der Waals surface area contributed by atoms with Crippen molar-refractivity contribution >= 4 is 17.7 Å². The molecule has 1 aromatic rings. The predicted molar refractivity (Wildman–Crippen MR) is 58.8 cm³/mol. The largest absolute Gasteiger partial charge is 0.449 e. The Hall–Kier alpha value is -2.48. The second-order valence-corrected chi connectivity index (χ2v) is 2.85. The van der Waals surface area contributed by atoms with Gasteiger partial charge in [0, 0.05) is 5.69 Å². The molecule has 0 spiro atoms. The smallest absolute Gasteiger partial charge is 0.339 e. The van der Waals surface area contributed by atoms with E-state index in [0.717, 1.165) is 0 Å². The highest BCUT2D eigenvalue weighted by atomic mass is 16.5. The number of carbonyl (C=O) groups excluding carboxylic acids is 2. The second-order valence-electron chi connectivity index (χ2n) is 2.85. The molecule has 0 aliphatic rings. The van der Waals surface area contributed by atoms with Crippen molar-refractivity contribution in [3.05, 3.63) is 29.8 Å². The number of rotatable bonds is 3. The van der Waals surface area contributed by atoms with Crippen LogP contribution in [0.1, 0.15) is 10.4 Å². The number of hydrogen-bond acceptors (Lipinski definition) is 3. The maximum Gasteiger partial charge on any atom is 0.339 e. The van der Waals surface area contributed by atoms with Crippen LogP contribution in [-0.4, -0.2) is 18.6 Å². The third kappa shape index (κ3) is 3.35. The third-order valence-corrected chi connectivity index (χ3v) is 1.67. The van der Waals surface area contributed by atoms with Gasteiger partial charge in [-0.2, -0.15) is 0 Å². The number of benzene rings is 1. The monoisotopic (exact) mass is 218 g/mol. The van der Waals surface area contributed by atoms with Gasteiger partial charge < -0.3 is 15.8 Å². The maximum absolute atomic E-state index is 11.3. The fraction of sp³-hybridized carbons (Fsp3) is 0.0909. The van der Waals surface area contributed by atoms with E-state index in [4.69, 9.17) is 16.9 Å². The van der Waals surface area contributed by atoms with Gasteiger partial charge in [-0.1, -0.05) is 5.92 Å². The summed E-state index contributed by atoms with van der Waals surface area (Å²) in [4.78, 5) is 21.8. The molecule has 0 aromatic heterocycles. The lowest BCUT2D eigenvalue weighted by atomic mass is 10.2. The van der Waals surface area contributed by atoms with Gasteiger partial charge in [0.05, 0.1) is 5.56 Å². The second kappa shape index (κ2) is 5.41. The zero-order chi connectivity index (χ0) is 12.0. The van der Waals surface area contributed by atoms with E-state index in [1.807, 2.05) is 0 Å². The Morgan fingerprint density at radius 2 is 2.00 bits per heavy atom. The van der Waals surface area contributed by atoms with Gasteiger partial charge in [-0.05, 0) is 24.3 Å². The molecule has 1 rings (SSSR count). The fourth-order valence-electron chi connectivity index (χ4n) is 1.02. The van der Waals surface area contributed by atoms with Gasteiger partial charge in [-0.25, -0.2) is 9.59 Å². The minimum absolute atomic E-state index is 0.0693. The van der Waals surface area contributed by atoms with Crippen molar-refractivity contribution in [2.24, 2.45) is 5.73 Å². The van der Waals surface area contributed by atoms with Gasteiger partial charge in [0.1, 0.15) is 0 Å². The van der Waals surface area contributed by atoms with E-state index in [1.165, 1.54) is 24.3 Å². The third-order valence-electron chi connectivity index (χ3n) is 1.67. The summed E-state index contributed by atoms with van der Waals surface area (Å²) in [5.41, 5.74) is 5.78. The van der Waals surface area contributed by atoms with Crippen LogP contribution in [0.25, 0.3) is 0 Å². The molecule has 3 N–H and O–H groups in total. The first-order valence-electron chi connectivity index (χ1n) is 4.40. The Balaban J connectivity index is 2.67. The summed E-state index contributed by atoms with van der Waals surface area (Å²) in [7, 11) is 0. The van der Waals surface area contributed by atoms with Gasteiger partial charge in [0.2, 0.25) is 0 Å². The van der Waals surface area contributed by atoms with Crippen LogP contribution in [0.4, 0.5) is 10.5 Å². The number of esters is 1. The fourth-order valence-corrected chi connectivity index (χ4v) is 1.02. The number of nitrogens with one attached hydrogen (secondary N) is 1. The molecule has 0 saturated carbocycles. The number of terminal acetylenes is 1. The molecule has 82 valence electrons. The summed E-state index contributed by atoms with van der Waals surface area (Å²) >= 11 is 0. The average Bonchev–Trinajstić information content (AvgIpc) is 2.26. The van der Waals surface area contributed by atoms with Crippen LogP contribution in [0.5, 0.6) is 0 Å². The van der Waals surface area contributed by atoms with Crippen LogP contribution < -0.4 is 11.1 Å². The van der Waals surface area contributed by atoms with Crippen molar-refractivity contribution in [1.82, 2.24) is 0 Å². The van der Waals surface area contributed by atoms with Gasteiger partial charge in [-0.3, -0.25) is 0 Å². The Morgan fingerprint density at radius 3 is 2.50 bits per heavy atom. The summed E-state index contributed by atoms with van der Waals surface area (Å²) in [6.45, 7) is -0.0693. The first-order chi connectivity index (χ1) is 7.63. The summed E-state index contributed by atoms with van der Waals surface area (Å²) in [5, 5.41) is 2.37. The Kier molecular flexibility index (Phi) is 3.92. The minimum Gasteiger partial charge on any atom is -0.449 e. The van der Waals surface area contributed by atoms with Gasteiger partial charge >= 0.3 is 12.0 Å². The average molecular weight is 218 g/mol. The first-order valence-corrected chi connectivity index (χ1v) is 4.40. The van der Waals surface area contributed by atoms with E-state index < -0.39 is 12.0 Å². The zero-order valence-electron chi connectivity index (χ0n) is 8.40. The number of amides is 2. The molecule has 0 aliphatic heterocycles. The number of hydrogen-bond donors (Lipinski definition) is 2. The van der Waals surface area contributed by atoms with E-state index in [2.05, 4.69) is 11.2 Å². The van der Waals surface area contributed by atoms with Gasteiger partial charge in [0.15, 0.2) is 6.61 Å². The number of anilines is 1.